The molecule has 1 aliphatic rings. The number of carbonyl (C=O) groups excluding carboxylic acids is 1. The minimum absolute atomic E-state index is 0.0213. The van der Waals surface area contributed by atoms with Crippen LogP contribution in [-0.2, 0) is 14.6 Å². The van der Waals surface area contributed by atoms with Gasteiger partial charge in [-0.05, 0) is 25.1 Å². The molecule has 0 aliphatic carbocycles. The van der Waals surface area contributed by atoms with Gasteiger partial charge in [-0.2, -0.15) is 0 Å². The predicted octanol–water partition coefficient (Wildman–Crippen LogP) is 2.49. The minimum atomic E-state index is -3.11. The maximum absolute atomic E-state index is 12.0. The number of aryl methyl sites for hydroxylation is 1. The van der Waals surface area contributed by atoms with Crippen LogP contribution >= 0.6 is 11.3 Å². The van der Waals surface area contributed by atoms with E-state index in [0.717, 1.165) is 15.2 Å². The number of sulfone groups is 1. The van der Waals surface area contributed by atoms with E-state index in [1.807, 2.05) is 19.1 Å². The van der Waals surface area contributed by atoms with Crippen molar-refractivity contribution in [1.29, 1.82) is 0 Å². The topological polar surface area (TPSA) is 76.1 Å². The molecule has 1 unspecified atom stereocenters. The molecule has 0 radical (unpaired) electrons. The highest BCUT2D eigenvalue weighted by Gasteiger charge is 2.23. The lowest BCUT2D eigenvalue weighted by atomic mass is 10.1. The molecule has 1 atom stereocenters. The van der Waals surface area contributed by atoms with Gasteiger partial charge in [0, 0.05) is 23.4 Å². The summed E-state index contributed by atoms with van der Waals surface area (Å²) in [6.45, 7) is 1.94. The van der Waals surface area contributed by atoms with Gasteiger partial charge in [0.1, 0.15) is 0 Å². The zero-order valence-electron chi connectivity index (χ0n) is 11.4. The van der Waals surface area contributed by atoms with Crippen molar-refractivity contribution in [2.45, 2.75) is 13.3 Å². The molecule has 21 heavy (non-hydrogen) atoms. The van der Waals surface area contributed by atoms with Crippen molar-refractivity contribution in [2.75, 3.05) is 11.1 Å². The monoisotopic (exact) mass is 322 g/mol. The second kappa shape index (κ2) is 5.23. The lowest BCUT2D eigenvalue weighted by Crippen LogP contribution is -2.17. The normalized spacial score (nSPS) is 20.0. The Labute approximate surface area is 126 Å². The van der Waals surface area contributed by atoms with Gasteiger partial charge in [-0.15, -0.1) is 11.3 Å². The number of thiazole rings is 1. The number of benzene rings is 1. The molecule has 1 aromatic carbocycles. The average molecular weight is 322 g/mol. The molecule has 5 nitrogen and oxygen atoms in total. The third-order valence-corrected chi connectivity index (χ3v) is 5.63. The summed E-state index contributed by atoms with van der Waals surface area (Å²) < 4.78 is 23.6. The number of allylic oxidation sites excluding steroid dienone is 1. The van der Waals surface area contributed by atoms with E-state index >= 15 is 0 Å². The first-order valence-corrected chi connectivity index (χ1v) is 9.02. The molecule has 3 rings (SSSR count). The number of hydrogen-bond acceptors (Lipinski definition) is 5. The van der Waals surface area contributed by atoms with Crippen LogP contribution < -0.4 is 5.32 Å². The molecule has 1 N–H and O–H groups in total. The first kappa shape index (κ1) is 14.2. The van der Waals surface area contributed by atoms with Crippen LogP contribution in [0.2, 0.25) is 0 Å². The molecule has 2 aromatic rings. The molecule has 1 aliphatic heterocycles. The molecule has 1 amide bonds. The lowest BCUT2D eigenvalue weighted by Gasteiger charge is -2.08. The molecule has 0 spiro atoms. The highest BCUT2D eigenvalue weighted by molar-refractivity contribution is 7.94. The van der Waals surface area contributed by atoms with Gasteiger partial charge < -0.3 is 5.32 Å². The second-order valence-electron chi connectivity index (χ2n) is 5.09. The van der Waals surface area contributed by atoms with E-state index in [1.165, 1.54) is 5.41 Å². The number of anilines is 1. The van der Waals surface area contributed by atoms with Crippen molar-refractivity contribution in [1.82, 2.24) is 4.98 Å². The van der Waals surface area contributed by atoms with Gasteiger partial charge in [0.15, 0.2) is 9.84 Å². The Morgan fingerprint density at radius 1 is 1.48 bits per heavy atom. The maximum atomic E-state index is 12.0. The van der Waals surface area contributed by atoms with Gasteiger partial charge in [-0.3, -0.25) is 4.79 Å². The van der Waals surface area contributed by atoms with Gasteiger partial charge in [-0.25, -0.2) is 13.4 Å². The fraction of sp³-hybridized carbons (Fsp3) is 0.286. The number of hydrogen-bond donors (Lipinski definition) is 1. The summed E-state index contributed by atoms with van der Waals surface area (Å²) >= 11 is 1.57. The molecule has 0 fully saturated rings. The van der Waals surface area contributed by atoms with Crippen molar-refractivity contribution in [3.8, 4) is 0 Å². The number of aromatic nitrogens is 1. The lowest BCUT2D eigenvalue weighted by molar-refractivity contribution is -0.116. The van der Waals surface area contributed by atoms with E-state index in [2.05, 4.69) is 10.3 Å². The fourth-order valence-corrected chi connectivity index (χ4v) is 4.60. The van der Waals surface area contributed by atoms with E-state index in [1.54, 1.807) is 23.5 Å². The zero-order chi connectivity index (χ0) is 15.0. The zero-order valence-corrected chi connectivity index (χ0v) is 13.0. The largest absolute Gasteiger partial charge is 0.326 e. The summed E-state index contributed by atoms with van der Waals surface area (Å²) in [5.41, 5.74) is 1.63. The van der Waals surface area contributed by atoms with Crippen LogP contribution in [0.5, 0.6) is 0 Å². The average Bonchev–Trinajstić information content (AvgIpc) is 2.90. The fourth-order valence-electron chi connectivity index (χ4n) is 2.34. The third-order valence-electron chi connectivity index (χ3n) is 3.23. The molecular formula is C14H14N2O3S2. The molecule has 110 valence electrons. The molecule has 7 heteroatoms. The first-order chi connectivity index (χ1) is 9.91. The Balaban J connectivity index is 1.67. The van der Waals surface area contributed by atoms with Crippen LogP contribution in [0.3, 0.4) is 0 Å². The minimum Gasteiger partial charge on any atom is -0.326 e. The number of rotatable bonds is 3. The predicted molar refractivity (Wildman–Crippen MR) is 84.0 cm³/mol. The third kappa shape index (κ3) is 3.30. The summed E-state index contributed by atoms with van der Waals surface area (Å²) in [6, 6.07) is 5.56. The van der Waals surface area contributed by atoms with Gasteiger partial charge in [0.25, 0.3) is 0 Å². The number of fused-ring (bicyclic) bond motifs is 1. The summed E-state index contributed by atoms with van der Waals surface area (Å²) in [5.74, 6) is -0.389. The van der Waals surface area contributed by atoms with Crippen molar-refractivity contribution in [3.05, 3.63) is 34.7 Å². The summed E-state index contributed by atoms with van der Waals surface area (Å²) in [4.78, 5) is 16.3. The van der Waals surface area contributed by atoms with Crippen LogP contribution in [0.4, 0.5) is 5.69 Å². The van der Waals surface area contributed by atoms with Gasteiger partial charge in [0.2, 0.25) is 5.91 Å². The first-order valence-electron chi connectivity index (χ1n) is 6.49. The van der Waals surface area contributed by atoms with Crippen LogP contribution in [0.25, 0.3) is 10.2 Å². The van der Waals surface area contributed by atoms with Crippen molar-refractivity contribution < 1.29 is 13.2 Å². The SMILES string of the molecule is Cc1nc2ccc(NC(=O)CC3C=CS(=O)(=O)C3)cc2s1. The highest BCUT2D eigenvalue weighted by Crippen LogP contribution is 2.25. The van der Waals surface area contributed by atoms with E-state index in [9.17, 15) is 13.2 Å². The second-order valence-corrected chi connectivity index (χ2v) is 8.25. The Hall–Kier alpha value is -1.73. The van der Waals surface area contributed by atoms with E-state index in [0.29, 0.717) is 5.69 Å². The quantitative estimate of drug-likeness (QED) is 0.942. The Morgan fingerprint density at radius 2 is 2.29 bits per heavy atom. The number of nitrogens with zero attached hydrogens (tertiary/aromatic N) is 1. The molecule has 0 saturated heterocycles. The van der Waals surface area contributed by atoms with Gasteiger partial charge in [0.05, 0.1) is 21.0 Å². The smallest absolute Gasteiger partial charge is 0.224 e. The summed E-state index contributed by atoms with van der Waals surface area (Å²) in [5, 5.41) is 4.98. The Morgan fingerprint density at radius 3 is 3.00 bits per heavy atom. The van der Waals surface area contributed by atoms with Crippen LogP contribution in [0.1, 0.15) is 11.4 Å². The number of carbonyl (C=O) groups is 1. The van der Waals surface area contributed by atoms with Crippen molar-refractivity contribution >= 4 is 43.0 Å². The van der Waals surface area contributed by atoms with Crippen molar-refractivity contribution in [3.63, 3.8) is 0 Å². The Kier molecular flexibility index (Phi) is 3.54. The molecular weight excluding hydrogens is 308 g/mol. The van der Waals surface area contributed by atoms with Crippen molar-refractivity contribution in [2.24, 2.45) is 5.92 Å². The van der Waals surface area contributed by atoms with Gasteiger partial charge >= 0.3 is 0 Å². The summed E-state index contributed by atoms with van der Waals surface area (Å²) in [7, 11) is -3.11. The van der Waals surface area contributed by atoms with Gasteiger partial charge in [-0.1, -0.05) is 6.08 Å². The Bertz CT molecular complexity index is 837. The van der Waals surface area contributed by atoms with E-state index in [4.69, 9.17) is 0 Å². The van der Waals surface area contributed by atoms with Crippen LogP contribution in [-0.4, -0.2) is 25.1 Å². The van der Waals surface area contributed by atoms with E-state index in [-0.39, 0.29) is 24.0 Å². The molecule has 0 bridgehead atoms. The standard InChI is InChI=1S/C14H14N2O3S2/c1-9-15-12-3-2-11(7-13(12)20-9)16-14(17)6-10-4-5-21(18,19)8-10/h2-5,7,10H,6,8H2,1H3,(H,16,17). The van der Waals surface area contributed by atoms with Crippen LogP contribution in [0, 0.1) is 12.8 Å². The molecule has 1 aromatic heterocycles. The molecule has 0 saturated carbocycles. The maximum Gasteiger partial charge on any atom is 0.224 e. The number of amides is 1. The highest BCUT2D eigenvalue weighted by atomic mass is 32.2. The van der Waals surface area contributed by atoms with Crippen LogP contribution in [0.15, 0.2) is 29.7 Å². The van der Waals surface area contributed by atoms with E-state index < -0.39 is 9.84 Å². The molecule has 2 heterocycles. The summed E-state index contributed by atoms with van der Waals surface area (Å²) in [6.07, 6.45) is 1.76. The number of nitrogens with one attached hydrogen (secondary N) is 1.